The molecule has 7 heteroatoms. The molecular formula is C23H22N4O3. The van der Waals surface area contributed by atoms with Crippen molar-refractivity contribution in [3.63, 3.8) is 0 Å². The summed E-state index contributed by atoms with van der Waals surface area (Å²) < 4.78 is 13.0. The van der Waals surface area contributed by atoms with Gasteiger partial charge in [-0.15, -0.1) is 0 Å². The maximum atomic E-state index is 13.0. The van der Waals surface area contributed by atoms with E-state index < -0.39 is 0 Å². The fourth-order valence-electron chi connectivity index (χ4n) is 4.08. The number of fused-ring (bicyclic) bond motifs is 2. The first-order valence-electron chi connectivity index (χ1n) is 9.97. The minimum atomic E-state index is -0.183. The van der Waals surface area contributed by atoms with Gasteiger partial charge < -0.3 is 19.0 Å². The average Bonchev–Trinajstić information content (AvgIpc) is 3.41. The van der Waals surface area contributed by atoms with Gasteiger partial charge in [0.25, 0.3) is 11.8 Å². The van der Waals surface area contributed by atoms with Crippen LogP contribution in [0.15, 0.2) is 47.1 Å². The molecule has 0 aliphatic heterocycles. The molecule has 1 aliphatic carbocycles. The summed E-state index contributed by atoms with van der Waals surface area (Å²) >= 11 is 0. The number of hydrogen-bond acceptors (Lipinski definition) is 5. The van der Waals surface area contributed by atoms with Crippen LogP contribution in [-0.4, -0.2) is 20.4 Å². The largest absolute Gasteiger partial charge is 0.467 e. The zero-order chi connectivity index (χ0) is 20.8. The highest BCUT2D eigenvalue weighted by molar-refractivity contribution is 6.08. The molecular weight excluding hydrogens is 380 g/mol. The zero-order valence-electron chi connectivity index (χ0n) is 17.1. The van der Waals surface area contributed by atoms with E-state index >= 15 is 0 Å². The standard InChI is InChI=1S/C23H22N4O3/c1-13-10-14(2)27-9-8-18(22(27)24-13)23(28)25-17-6-4-16-5-7-20(19(16)12-17)29-21-11-15(3)30-26-21/h4,6,8-12,20H,5,7H2,1-3H3,(H,25,28). The predicted molar refractivity (Wildman–Crippen MR) is 112 cm³/mol. The third kappa shape index (κ3) is 3.22. The summed E-state index contributed by atoms with van der Waals surface area (Å²) in [5.41, 5.74) is 6.15. The summed E-state index contributed by atoms with van der Waals surface area (Å²) in [4.78, 5) is 17.5. The highest BCUT2D eigenvalue weighted by atomic mass is 16.5. The molecule has 1 aromatic carbocycles. The van der Waals surface area contributed by atoms with Crippen molar-refractivity contribution in [3.8, 4) is 5.88 Å². The van der Waals surface area contributed by atoms with Crippen LogP contribution >= 0.6 is 0 Å². The topological polar surface area (TPSA) is 81.7 Å². The third-order valence-electron chi connectivity index (χ3n) is 5.48. The quantitative estimate of drug-likeness (QED) is 0.541. The van der Waals surface area contributed by atoms with Crippen molar-refractivity contribution < 1.29 is 14.1 Å². The predicted octanol–water partition coefficient (Wildman–Crippen LogP) is 4.57. The van der Waals surface area contributed by atoms with Crippen LogP contribution in [0.2, 0.25) is 0 Å². The maximum absolute atomic E-state index is 13.0. The Balaban J connectivity index is 1.40. The van der Waals surface area contributed by atoms with Gasteiger partial charge in [0.05, 0.1) is 5.56 Å². The molecule has 1 N–H and O–H groups in total. The van der Waals surface area contributed by atoms with E-state index in [-0.39, 0.29) is 12.0 Å². The van der Waals surface area contributed by atoms with Gasteiger partial charge in [-0.1, -0.05) is 6.07 Å². The van der Waals surface area contributed by atoms with Crippen molar-refractivity contribution in [2.24, 2.45) is 0 Å². The molecule has 0 saturated carbocycles. The molecule has 152 valence electrons. The van der Waals surface area contributed by atoms with Crippen LogP contribution in [0.5, 0.6) is 5.88 Å². The Hall–Kier alpha value is -3.61. The molecule has 7 nitrogen and oxygen atoms in total. The molecule has 3 aromatic heterocycles. The Morgan fingerprint density at radius 1 is 1.20 bits per heavy atom. The molecule has 1 unspecified atom stereocenters. The monoisotopic (exact) mass is 402 g/mol. The van der Waals surface area contributed by atoms with Gasteiger partial charge in [-0.25, -0.2) is 4.98 Å². The molecule has 0 bridgehead atoms. The summed E-state index contributed by atoms with van der Waals surface area (Å²) in [5, 5.41) is 6.94. The van der Waals surface area contributed by atoms with E-state index in [1.807, 2.05) is 55.6 Å². The first-order chi connectivity index (χ1) is 14.5. The highest BCUT2D eigenvalue weighted by Crippen LogP contribution is 2.36. The molecule has 1 aliphatic rings. The van der Waals surface area contributed by atoms with Crippen LogP contribution in [-0.2, 0) is 6.42 Å². The number of ether oxygens (including phenoxy) is 1. The summed E-state index contributed by atoms with van der Waals surface area (Å²) in [6, 6.07) is 11.5. The van der Waals surface area contributed by atoms with Crippen molar-refractivity contribution >= 4 is 17.2 Å². The number of aryl methyl sites for hydroxylation is 4. The Bertz CT molecular complexity index is 1270. The van der Waals surface area contributed by atoms with E-state index in [0.717, 1.165) is 35.5 Å². The molecule has 0 fully saturated rings. The number of anilines is 1. The normalized spacial score (nSPS) is 15.4. The lowest BCUT2D eigenvalue weighted by molar-refractivity contribution is 0.102. The summed E-state index contributed by atoms with van der Waals surface area (Å²) in [5.74, 6) is 1.01. The lowest BCUT2D eigenvalue weighted by Gasteiger charge is -2.13. The Labute approximate surface area is 173 Å². The molecule has 1 amide bonds. The van der Waals surface area contributed by atoms with Gasteiger partial charge in [-0.2, -0.15) is 0 Å². The van der Waals surface area contributed by atoms with E-state index in [9.17, 15) is 4.79 Å². The summed E-state index contributed by atoms with van der Waals surface area (Å²) in [6.07, 6.45) is 3.56. The minimum absolute atomic E-state index is 0.108. The second-order valence-corrected chi connectivity index (χ2v) is 7.75. The van der Waals surface area contributed by atoms with Crippen molar-refractivity contribution in [1.29, 1.82) is 0 Å². The van der Waals surface area contributed by atoms with Gasteiger partial charge in [0, 0.05) is 29.3 Å². The van der Waals surface area contributed by atoms with Crippen LogP contribution in [0.4, 0.5) is 5.69 Å². The van der Waals surface area contributed by atoms with E-state index in [1.165, 1.54) is 5.56 Å². The molecule has 0 radical (unpaired) electrons. The number of aromatic nitrogens is 3. The minimum Gasteiger partial charge on any atom is -0.467 e. The van der Waals surface area contributed by atoms with Crippen LogP contribution in [0.1, 0.15) is 51.2 Å². The molecule has 30 heavy (non-hydrogen) atoms. The molecule has 0 saturated heterocycles. The Morgan fingerprint density at radius 3 is 2.87 bits per heavy atom. The summed E-state index contributed by atoms with van der Waals surface area (Å²) in [7, 11) is 0. The zero-order valence-corrected chi connectivity index (χ0v) is 17.1. The fraction of sp³-hybridized carbons (Fsp3) is 0.261. The van der Waals surface area contributed by atoms with Gasteiger partial charge >= 0.3 is 0 Å². The summed E-state index contributed by atoms with van der Waals surface area (Å²) in [6.45, 7) is 5.76. The first kappa shape index (κ1) is 18.4. The first-order valence-corrected chi connectivity index (χ1v) is 9.97. The lowest BCUT2D eigenvalue weighted by Crippen LogP contribution is -2.13. The van der Waals surface area contributed by atoms with Gasteiger partial charge in [-0.05, 0) is 74.2 Å². The fourth-order valence-corrected chi connectivity index (χ4v) is 4.08. The van der Waals surface area contributed by atoms with E-state index in [0.29, 0.717) is 22.9 Å². The van der Waals surface area contributed by atoms with Crippen molar-refractivity contribution in [3.05, 3.63) is 76.4 Å². The van der Waals surface area contributed by atoms with E-state index in [4.69, 9.17) is 9.26 Å². The van der Waals surface area contributed by atoms with Crippen molar-refractivity contribution in [1.82, 2.24) is 14.5 Å². The van der Waals surface area contributed by atoms with Gasteiger partial charge in [0.2, 0.25) is 0 Å². The van der Waals surface area contributed by atoms with Gasteiger partial charge in [0.1, 0.15) is 17.5 Å². The molecule has 4 aromatic rings. The number of rotatable bonds is 4. The Morgan fingerprint density at radius 2 is 2.07 bits per heavy atom. The second-order valence-electron chi connectivity index (χ2n) is 7.75. The Kier molecular flexibility index (Phi) is 4.31. The maximum Gasteiger partial charge on any atom is 0.259 e. The van der Waals surface area contributed by atoms with Crippen molar-refractivity contribution in [2.75, 3.05) is 5.32 Å². The van der Waals surface area contributed by atoms with Crippen LogP contribution in [0.3, 0.4) is 0 Å². The number of hydrogen-bond donors (Lipinski definition) is 1. The number of amides is 1. The number of carbonyl (C=O) groups excluding carboxylic acids is 1. The second kappa shape index (κ2) is 7.02. The van der Waals surface area contributed by atoms with Crippen molar-refractivity contribution in [2.45, 2.75) is 39.7 Å². The molecule has 5 rings (SSSR count). The van der Waals surface area contributed by atoms with Crippen LogP contribution in [0.25, 0.3) is 5.65 Å². The molecule has 0 spiro atoms. The highest BCUT2D eigenvalue weighted by Gasteiger charge is 2.26. The third-order valence-corrected chi connectivity index (χ3v) is 5.48. The molecule has 1 atom stereocenters. The number of nitrogens with one attached hydrogen (secondary N) is 1. The van der Waals surface area contributed by atoms with Gasteiger partial charge in [0.15, 0.2) is 0 Å². The number of carbonyl (C=O) groups is 1. The smallest absolute Gasteiger partial charge is 0.259 e. The van der Waals surface area contributed by atoms with Gasteiger partial charge in [-0.3, -0.25) is 4.79 Å². The van der Waals surface area contributed by atoms with Crippen LogP contribution in [0, 0.1) is 20.8 Å². The SMILES string of the molecule is Cc1cc(C)n2ccc(C(=O)Nc3ccc4c(c3)C(Oc3cc(C)on3)CC4)c2n1. The average molecular weight is 402 g/mol. The van der Waals surface area contributed by atoms with E-state index in [2.05, 4.69) is 15.5 Å². The van der Waals surface area contributed by atoms with Crippen LogP contribution < -0.4 is 10.1 Å². The lowest BCUT2D eigenvalue weighted by atomic mass is 10.1. The number of benzene rings is 1. The molecule has 3 heterocycles. The number of nitrogens with zero attached hydrogens (tertiary/aromatic N) is 3. The van der Waals surface area contributed by atoms with E-state index in [1.54, 1.807) is 12.1 Å².